The largest absolute Gasteiger partial charge is 0.472 e. The minimum atomic E-state index is 0.0958. The van der Waals surface area contributed by atoms with E-state index in [-0.39, 0.29) is 5.91 Å². The number of carbonyl (C=O) groups excluding carboxylic acids is 1. The summed E-state index contributed by atoms with van der Waals surface area (Å²) in [5.74, 6) is 1.12. The molecule has 2 fully saturated rings. The molecule has 2 aliphatic rings. The maximum absolute atomic E-state index is 12.4. The van der Waals surface area contributed by atoms with Crippen LogP contribution in [0.2, 0.25) is 0 Å². The molecule has 1 atom stereocenters. The van der Waals surface area contributed by atoms with Crippen LogP contribution < -0.4 is 0 Å². The first-order chi connectivity index (χ1) is 11.7. The van der Waals surface area contributed by atoms with Gasteiger partial charge in [-0.15, -0.1) is 0 Å². The third kappa shape index (κ3) is 2.67. The van der Waals surface area contributed by atoms with Crippen LogP contribution >= 0.6 is 0 Å². The van der Waals surface area contributed by atoms with Crippen LogP contribution in [0, 0.1) is 5.41 Å². The van der Waals surface area contributed by atoms with Gasteiger partial charge in [0, 0.05) is 19.1 Å². The summed E-state index contributed by atoms with van der Waals surface area (Å²) in [5.41, 5.74) is 1.03. The third-order valence-corrected chi connectivity index (χ3v) is 5.95. The average Bonchev–Trinajstić information content (AvgIpc) is 3.26. The van der Waals surface area contributed by atoms with Crippen molar-refractivity contribution in [2.75, 3.05) is 20.1 Å². The summed E-state index contributed by atoms with van der Waals surface area (Å²) in [7, 11) is 2.19. The Morgan fingerprint density at radius 2 is 2.12 bits per heavy atom. The molecule has 5 nitrogen and oxygen atoms in total. The first-order valence-electron chi connectivity index (χ1n) is 8.72. The molecule has 0 radical (unpaired) electrons. The predicted octanol–water partition coefficient (Wildman–Crippen LogP) is 3.39. The monoisotopic (exact) mass is 328 g/mol. The Morgan fingerprint density at radius 3 is 2.71 bits per heavy atom. The second kappa shape index (κ2) is 6.13. The van der Waals surface area contributed by atoms with Crippen molar-refractivity contribution in [1.29, 1.82) is 0 Å². The predicted molar refractivity (Wildman–Crippen MR) is 89.5 cm³/mol. The molecule has 4 rings (SSSR count). The summed E-state index contributed by atoms with van der Waals surface area (Å²) in [6, 6.07) is 6.32. The Balaban J connectivity index is 1.36. The van der Waals surface area contributed by atoms with Crippen molar-refractivity contribution in [3.63, 3.8) is 0 Å². The minimum Gasteiger partial charge on any atom is -0.472 e. The van der Waals surface area contributed by atoms with E-state index >= 15 is 0 Å². The van der Waals surface area contributed by atoms with Crippen molar-refractivity contribution in [3.8, 4) is 0 Å². The van der Waals surface area contributed by atoms with Gasteiger partial charge in [-0.3, -0.25) is 9.69 Å². The van der Waals surface area contributed by atoms with E-state index < -0.39 is 0 Å². The summed E-state index contributed by atoms with van der Waals surface area (Å²) < 4.78 is 10.5. The maximum atomic E-state index is 12.4. The molecule has 0 bridgehead atoms. The van der Waals surface area contributed by atoms with Crippen molar-refractivity contribution in [3.05, 3.63) is 48.3 Å². The Bertz CT molecular complexity index is 670. The van der Waals surface area contributed by atoms with Crippen molar-refractivity contribution >= 4 is 5.91 Å². The van der Waals surface area contributed by atoms with E-state index in [4.69, 9.17) is 8.83 Å². The van der Waals surface area contributed by atoms with E-state index in [1.165, 1.54) is 19.1 Å². The standard InChI is InChI=1S/C19H24N2O3/c1-20(13-16-3-2-11-24-16)17-4-6-19(17)7-9-21(10-8-19)18(22)15-5-12-23-14-15/h2-3,5,11-12,14,17H,4,6-10,13H2,1H3/t17-/m1/s1. The SMILES string of the molecule is CN(Cc1ccco1)[C@@H]1CCC12CCN(C(=O)c1ccoc1)CC2. The van der Waals surface area contributed by atoms with Crippen LogP contribution in [0.15, 0.2) is 45.8 Å². The molecule has 1 aliphatic heterocycles. The van der Waals surface area contributed by atoms with E-state index in [0.29, 0.717) is 17.0 Å². The average molecular weight is 328 g/mol. The highest BCUT2D eigenvalue weighted by Gasteiger charge is 2.50. The van der Waals surface area contributed by atoms with E-state index in [1.54, 1.807) is 18.6 Å². The maximum Gasteiger partial charge on any atom is 0.257 e. The molecule has 1 amide bonds. The van der Waals surface area contributed by atoms with Gasteiger partial charge < -0.3 is 13.7 Å². The van der Waals surface area contributed by atoms with Crippen LogP contribution in [0.3, 0.4) is 0 Å². The second-order valence-corrected chi connectivity index (χ2v) is 7.22. The van der Waals surface area contributed by atoms with Crippen LogP contribution in [0.4, 0.5) is 0 Å². The molecular formula is C19H24N2O3. The fraction of sp³-hybridized carbons (Fsp3) is 0.526. The van der Waals surface area contributed by atoms with E-state index in [0.717, 1.165) is 38.2 Å². The molecular weight excluding hydrogens is 304 g/mol. The van der Waals surface area contributed by atoms with Gasteiger partial charge in [-0.05, 0) is 56.3 Å². The molecule has 0 aromatic carbocycles. The Morgan fingerprint density at radius 1 is 1.29 bits per heavy atom. The number of rotatable bonds is 4. The molecule has 1 saturated heterocycles. The van der Waals surface area contributed by atoms with Gasteiger partial charge in [0.2, 0.25) is 0 Å². The van der Waals surface area contributed by atoms with Crippen LogP contribution in [-0.4, -0.2) is 41.9 Å². The Labute approximate surface area is 142 Å². The molecule has 24 heavy (non-hydrogen) atoms. The van der Waals surface area contributed by atoms with Gasteiger partial charge in [0.25, 0.3) is 5.91 Å². The second-order valence-electron chi connectivity index (χ2n) is 7.22. The number of amides is 1. The molecule has 2 aromatic heterocycles. The molecule has 1 aliphatic carbocycles. The molecule has 1 saturated carbocycles. The van der Waals surface area contributed by atoms with Gasteiger partial charge in [0.15, 0.2) is 0 Å². The number of carbonyl (C=O) groups is 1. The fourth-order valence-corrected chi connectivity index (χ4v) is 4.44. The number of hydrogen-bond acceptors (Lipinski definition) is 4. The van der Waals surface area contributed by atoms with Gasteiger partial charge >= 0.3 is 0 Å². The quantitative estimate of drug-likeness (QED) is 0.863. The lowest BCUT2D eigenvalue weighted by Crippen LogP contribution is -2.58. The van der Waals surface area contributed by atoms with Crippen molar-refractivity contribution < 1.29 is 13.6 Å². The minimum absolute atomic E-state index is 0.0958. The normalized spacial score (nSPS) is 22.8. The number of hydrogen-bond donors (Lipinski definition) is 0. The van der Waals surface area contributed by atoms with Gasteiger partial charge in [0.05, 0.1) is 24.6 Å². The van der Waals surface area contributed by atoms with Crippen LogP contribution in [-0.2, 0) is 6.54 Å². The highest BCUT2D eigenvalue weighted by Crippen LogP contribution is 2.51. The first kappa shape index (κ1) is 15.5. The number of likely N-dealkylation sites (tertiary alicyclic amines) is 1. The van der Waals surface area contributed by atoms with Crippen molar-refractivity contribution in [2.24, 2.45) is 5.41 Å². The smallest absolute Gasteiger partial charge is 0.257 e. The zero-order valence-electron chi connectivity index (χ0n) is 14.1. The van der Waals surface area contributed by atoms with Gasteiger partial charge in [-0.1, -0.05) is 0 Å². The molecule has 0 unspecified atom stereocenters. The topological polar surface area (TPSA) is 49.8 Å². The summed E-state index contributed by atoms with van der Waals surface area (Å²) in [6.07, 6.45) is 9.52. The third-order valence-electron chi connectivity index (χ3n) is 5.95. The van der Waals surface area contributed by atoms with Gasteiger partial charge in [-0.2, -0.15) is 0 Å². The molecule has 0 N–H and O–H groups in total. The van der Waals surface area contributed by atoms with Crippen LogP contribution in [0.25, 0.3) is 0 Å². The number of nitrogens with zero attached hydrogens (tertiary/aromatic N) is 2. The lowest BCUT2D eigenvalue weighted by atomic mass is 9.58. The van der Waals surface area contributed by atoms with Crippen molar-refractivity contribution in [1.82, 2.24) is 9.80 Å². The van der Waals surface area contributed by atoms with E-state index in [2.05, 4.69) is 11.9 Å². The summed E-state index contributed by atoms with van der Waals surface area (Å²) in [6.45, 7) is 2.54. The van der Waals surface area contributed by atoms with Crippen LogP contribution in [0.1, 0.15) is 41.8 Å². The van der Waals surface area contributed by atoms with E-state index in [9.17, 15) is 4.79 Å². The molecule has 2 aromatic rings. The summed E-state index contributed by atoms with van der Waals surface area (Å²) in [5, 5.41) is 0. The lowest BCUT2D eigenvalue weighted by molar-refractivity contribution is -0.0590. The van der Waals surface area contributed by atoms with E-state index in [1.807, 2.05) is 17.0 Å². The first-order valence-corrected chi connectivity index (χ1v) is 8.72. The molecule has 1 spiro atoms. The molecule has 5 heteroatoms. The zero-order valence-corrected chi connectivity index (χ0v) is 14.1. The number of furan rings is 2. The Kier molecular flexibility index (Phi) is 3.96. The highest BCUT2D eigenvalue weighted by molar-refractivity contribution is 5.93. The molecule has 128 valence electrons. The Hall–Kier alpha value is -2.01. The zero-order chi connectivity index (χ0) is 16.6. The lowest BCUT2D eigenvalue weighted by Gasteiger charge is -2.56. The summed E-state index contributed by atoms with van der Waals surface area (Å²) in [4.78, 5) is 16.8. The van der Waals surface area contributed by atoms with Gasteiger partial charge in [0.1, 0.15) is 12.0 Å². The van der Waals surface area contributed by atoms with Crippen molar-refractivity contribution in [2.45, 2.75) is 38.3 Å². The fourth-order valence-electron chi connectivity index (χ4n) is 4.44. The van der Waals surface area contributed by atoms with Gasteiger partial charge in [-0.25, -0.2) is 0 Å². The highest BCUT2D eigenvalue weighted by atomic mass is 16.3. The van der Waals surface area contributed by atoms with Crippen LogP contribution in [0.5, 0.6) is 0 Å². The number of piperidine rings is 1. The molecule has 3 heterocycles. The summed E-state index contributed by atoms with van der Waals surface area (Å²) >= 11 is 0.